The number of hydrogen-bond donors (Lipinski definition) is 2. The lowest BCUT2D eigenvalue weighted by Gasteiger charge is -2.25. The molecule has 0 fully saturated rings. The second-order valence-electron chi connectivity index (χ2n) is 4.32. The van der Waals surface area contributed by atoms with E-state index in [2.05, 4.69) is 0 Å². The minimum absolute atomic E-state index is 0.351. The van der Waals surface area contributed by atoms with E-state index in [1.54, 1.807) is 24.3 Å². The molecular formula is C14H21NO3. The molecule has 0 saturated heterocycles. The summed E-state index contributed by atoms with van der Waals surface area (Å²) in [5, 5.41) is 10.5. The molecule has 1 rings (SSSR count). The minimum atomic E-state index is -1.55. The summed E-state index contributed by atoms with van der Waals surface area (Å²) in [5.41, 5.74) is 4.44. The fraction of sp³-hybridized carbons (Fsp3) is 0.500. The van der Waals surface area contributed by atoms with Crippen molar-refractivity contribution in [2.45, 2.75) is 31.3 Å². The first kappa shape index (κ1) is 14.7. The van der Waals surface area contributed by atoms with Gasteiger partial charge in [0.05, 0.1) is 7.11 Å². The molecule has 0 radical (unpaired) electrons. The largest absolute Gasteiger partial charge is 0.467 e. The van der Waals surface area contributed by atoms with Crippen LogP contribution in [0.5, 0.6) is 0 Å². The molecule has 0 unspecified atom stereocenters. The van der Waals surface area contributed by atoms with E-state index in [0.717, 1.165) is 19.3 Å². The molecular weight excluding hydrogens is 230 g/mol. The predicted octanol–water partition coefficient (Wildman–Crippen LogP) is 1.57. The van der Waals surface area contributed by atoms with Crippen LogP contribution in [-0.4, -0.2) is 24.7 Å². The van der Waals surface area contributed by atoms with E-state index in [4.69, 9.17) is 10.5 Å². The molecule has 18 heavy (non-hydrogen) atoms. The number of aliphatic hydroxyl groups is 1. The number of ether oxygens (including phenoxy) is 1. The fourth-order valence-corrected chi connectivity index (χ4v) is 1.95. The standard InChI is InChI=1S/C14H21NO3/c1-18-13(16)14(17,10-6-3-7-11-15)12-8-4-2-5-9-12/h2,4-5,8-9,17H,3,6-7,10-11,15H2,1H3/t14-/m1/s1. The van der Waals surface area contributed by atoms with Crippen LogP contribution in [0.3, 0.4) is 0 Å². The van der Waals surface area contributed by atoms with Crippen LogP contribution >= 0.6 is 0 Å². The molecule has 0 aromatic heterocycles. The summed E-state index contributed by atoms with van der Waals surface area (Å²) >= 11 is 0. The highest BCUT2D eigenvalue weighted by atomic mass is 16.5. The highest BCUT2D eigenvalue weighted by Crippen LogP contribution is 2.28. The Morgan fingerprint density at radius 3 is 2.50 bits per heavy atom. The van der Waals surface area contributed by atoms with Gasteiger partial charge in [-0.2, -0.15) is 0 Å². The molecule has 100 valence electrons. The average Bonchev–Trinajstić information content (AvgIpc) is 2.43. The number of rotatable bonds is 7. The summed E-state index contributed by atoms with van der Waals surface area (Å²) in [7, 11) is 1.29. The zero-order valence-electron chi connectivity index (χ0n) is 10.8. The molecule has 1 aromatic rings. The number of benzene rings is 1. The third kappa shape index (κ3) is 3.55. The molecule has 0 amide bonds. The maximum Gasteiger partial charge on any atom is 0.342 e. The summed E-state index contributed by atoms with van der Waals surface area (Å²) in [6, 6.07) is 8.90. The normalized spacial score (nSPS) is 13.9. The van der Waals surface area contributed by atoms with E-state index in [9.17, 15) is 9.90 Å². The third-order valence-corrected chi connectivity index (χ3v) is 3.02. The van der Waals surface area contributed by atoms with Crippen molar-refractivity contribution in [2.24, 2.45) is 5.73 Å². The molecule has 0 spiro atoms. The van der Waals surface area contributed by atoms with Gasteiger partial charge in [0, 0.05) is 0 Å². The molecule has 0 heterocycles. The van der Waals surface area contributed by atoms with Crippen LogP contribution in [0, 0.1) is 0 Å². The van der Waals surface area contributed by atoms with Crippen molar-refractivity contribution in [3.05, 3.63) is 35.9 Å². The molecule has 1 atom stereocenters. The number of unbranched alkanes of at least 4 members (excludes halogenated alkanes) is 2. The summed E-state index contributed by atoms with van der Waals surface area (Å²) in [5.74, 6) is -0.610. The lowest BCUT2D eigenvalue weighted by Crippen LogP contribution is -2.36. The predicted molar refractivity (Wildman–Crippen MR) is 69.9 cm³/mol. The van der Waals surface area contributed by atoms with Gasteiger partial charge in [0.15, 0.2) is 5.60 Å². The number of carbonyl (C=O) groups is 1. The van der Waals surface area contributed by atoms with Crippen molar-refractivity contribution in [1.29, 1.82) is 0 Å². The number of nitrogens with two attached hydrogens (primary N) is 1. The van der Waals surface area contributed by atoms with Crippen LogP contribution in [0.1, 0.15) is 31.2 Å². The Morgan fingerprint density at radius 1 is 1.28 bits per heavy atom. The molecule has 4 nitrogen and oxygen atoms in total. The van der Waals surface area contributed by atoms with Crippen LogP contribution in [0.15, 0.2) is 30.3 Å². The van der Waals surface area contributed by atoms with Crippen molar-refractivity contribution in [3.8, 4) is 0 Å². The third-order valence-electron chi connectivity index (χ3n) is 3.02. The zero-order valence-corrected chi connectivity index (χ0v) is 10.8. The van der Waals surface area contributed by atoms with Gasteiger partial charge in [-0.3, -0.25) is 0 Å². The van der Waals surface area contributed by atoms with Gasteiger partial charge in [-0.25, -0.2) is 4.79 Å². The zero-order chi connectivity index (χ0) is 13.4. The topological polar surface area (TPSA) is 72.5 Å². The number of methoxy groups -OCH3 is 1. The number of carbonyl (C=O) groups excluding carboxylic acids is 1. The van der Waals surface area contributed by atoms with Gasteiger partial charge in [0.25, 0.3) is 0 Å². The monoisotopic (exact) mass is 251 g/mol. The van der Waals surface area contributed by atoms with Crippen LogP contribution < -0.4 is 5.73 Å². The molecule has 0 bridgehead atoms. The SMILES string of the molecule is COC(=O)[C@@](O)(CCCCCN)c1ccccc1. The van der Waals surface area contributed by atoms with Gasteiger partial charge < -0.3 is 15.6 Å². The Morgan fingerprint density at radius 2 is 1.94 bits per heavy atom. The van der Waals surface area contributed by atoms with Crippen molar-refractivity contribution < 1.29 is 14.6 Å². The van der Waals surface area contributed by atoms with Crippen LogP contribution in [0.2, 0.25) is 0 Å². The van der Waals surface area contributed by atoms with E-state index < -0.39 is 11.6 Å². The highest BCUT2D eigenvalue weighted by Gasteiger charge is 2.38. The van der Waals surface area contributed by atoms with Crippen molar-refractivity contribution in [2.75, 3.05) is 13.7 Å². The van der Waals surface area contributed by atoms with Crippen molar-refractivity contribution >= 4 is 5.97 Å². The summed E-state index contributed by atoms with van der Waals surface area (Å²) < 4.78 is 4.71. The quantitative estimate of drug-likeness (QED) is 0.570. The lowest BCUT2D eigenvalue weighted by atomic mass is 9.88. The number of hydrogen-bond acceptors (Lipinski definition) is 4. The Bertz CT molecular complexity index is 367. The highest BCUT2D eigenvalue weighted by molar-refractivity contribution is 5.80. The first-order chi connectivity index (χ1) is 8.65. The maximum absolute atomic E-state index is 11.8. The van der Waals surface area contributed by atoms with Crippen LogP contribution in [-0.2, 0) is 15.1 Å². The second-order valence-corrected chi connectivity index (χ2v) is 4.32. The lowest BCUT2D eigenvalue weighted by molar-refractivity contribution is -0.164. The summed E-state index contributed by atoms with van der Waals surface area (Å²) in [4.78, 5) is 11.8. The van der Waals surface area contributed by atoms with E-state index in [1.807, 2.05) is 6.07 Å². The van der Waals surface area contributed by atoms with E-state index in [0.29, 0.717) is 18.5 Å². The molecule has 0 aliphatic heterocycles. The average molecular weight is 251 g/mol. The van der Waals surface area contributed by atoms with Crippen molar-refractivity contribution in [1.82, 2.24) is 0 Å². The summed E-state index contributed by atoms with van der Waals surface area (Å²) in [6.07, 6.45) is 2.87. The Kier molecular flexibility index (Phi) is 5.82. The van der Waals surface area contributed by atoms with Gasteiger partial charge in [-0.05, 0) is 31.4 Å². The molecule has 1 aromatic carbocycles. The summed E-state index contributed by atoms with van der Waals surface area (Å²) in [6.45, 7) is 0.627. The Hall–Kier alpha value is -1.39. The smallest absolute Gasteiger partial charge is 0.342 e. The van der Waals surface area contributed by atoms with Gasteiger partial charge >= 0.3 is 5.97 Å². The van der Waals surface area contributed by atoms with Crippen molar-refractivity contribution in [3.63, 3.8) is 0 Å². The molecule has 0 aliphatic carbocycles. The molecule has 4 heteroatoms. The van der Waals surface area contributed by atoms with Crippen LogP contribution in [0.4, 0.5) is 0 Å². The molecule has 3 N–H and O–H groups in total. The van der Waals surface area contributed by atoms with Gasteiger partial charge in [0.2, 0.25) is 0 Å². The van der Waals surface area contributed by atoms with Gasteiger partial charge in [0.1, 0.15) is 0 Å². The Balaban J connectivity index is 2.79. The van der Waals surface area contributed by atoms with Gasteiger partial charge in [-0.1, -0.05) is 36.8 Å². The molecule has 0 aliphatic rings. The minimum Gasteiger partial charge on any atom is -0.467 e. The second kappa shape index (κ2) is 7.13. The van der Waals surface area contributed by atoms with Crippen LogP contribution in [0.25, 0.3) is 0 Å². The fourth-order valence-electron chi connectivity index (χ4n) is 1.95. The maximum atomic E-state index is 11.8. The van der Waals surface area contributed by atoms with E-state index >= 15 is 0 Å². The van der Waals surface area contributed by atoms with E-state index in [1.165, 1.54) is 7.11 Å². The Labute approximate surface area is 108 Å². The molecule has 0 saturated carbocycles. The first-order valence-corrected chi connectivity index (χ1v) is 6.21. The number of esters is 1. The van der Waals surface area contributed by atoms with E-state index in [-0.39, 0.29) is 0 Å². The van der Waals surface area contributed by atoms with Gasteiger partial charge in [-0.15, -0.1) is 0 Å². The first-order valence-electron chi connectivity index (χ1n) is 6.21.